The van der Waals surface area contributed by atoms with Crippen molar-refractivity contribution in [3.8, 4) is 0 Å². The van der Waals surface area contributed by atoms with E-state index in [0.717, 1.165) is 12.8 Å². The summed E-state index contributed by atoms with van der Waals surface area (Å²) in [7, 11) is 0. The lowest BCUT2D eigenvalue weighted by Gasteiger charge is -2.33. The first-order chi connectivity index (χ1) is 4.24. The SMILES string of the molecule is NC1CC(C(F)CO)C1. The lowest BCUT2D eigenvalue weighted by molar-refractivity contribution is 0.0728. The fourth-order valence-corrected chi connectivity index (χ4v) is 1.15. The molecular weight excluding hydrogens is 121 g/mol. The molecule has 1 aliphatic carbocycles. The van der Waals surface area contributed by atoms with Crippen molar-refractivity contribution in [2.45, 2.75) is 25.1 Å². The van der Waals surface area contributed by atoms with Crippen molar-refractivity contribution >= 4 is 0 Å². The van der Waals surface area contributed by atoms with E-state index >= 15 is 0 Å². The highest BCUT2D eigenvalue weighted by Crippen LogP contribution is 2.29. The largest absolute Gasteiger partial charge is 0.393 e. The normalized spacial score (nSPS) is 37.7. The van der Waals surface area contributed by atoms with Gasteiger partial charge in [-0.2, -0.15) is 0 Å². The summed E-state index contributed by atoms with van der Waals surface area (Å²) in [5.74, 6) is 0.0324. The molecular formula is C6H12FNO. The second kappa shape index (κ2) is 2.62. The van der Waals surface area contributed by atoms with Crippen LogP contribution in [0.2, 0.25) is 0 Å². The zero-order chi connectivity index (χ0) is 6.85. The van der Waals surface area contributed by atoms with Crippen LogP contribution in [0.1, 0.15) is 12.8 Å². The van der Waals surface area contributed by atoms with E-state index in [2.05, 4.69) is 0 Å². The topological polar surface area (TPSA) is 46.2 Å². The summed E-state index contributed by atoms with van der Waals surface area (Å²) in [5.41, 5.74) is 5.41. The minimum absolute atomic E-state index is 0.0324. The Hall–Kier alpha value is -0.150. The van der Waals surface area contributed by atoms with E-state index in [1.165, 1.54) is 0 Å². The van der Waals surface area contributed by atoms with Crippen LogP contribution in [0, 0.1) is 5.92 Å². The van der Waals surface area contributed by atoms with E-state index in [1.807, 2.05) is 0 Å². The number of aliphatic hydroxyl groups excluding tert-OH is 1. The van der Waals surface area contributed by atoms with Crippen LogP contribution in [-0.2, 0) is 0 Å². The maximum atomic E-state index is 12.4. The predicted molar refractivity (Wildman–Crippen MR) is 32.7 cm³/mol. The number of halogens is 1. The standard InChI is InChI=1S/C6H12FNO/c7-6(3-9)4-1-5(8)2-4/h4-6,9H,1-3,8H2. The second-order valence-corrected chi connectivity index (χ2v) is 2.69. The van der Waals surface area contributed by atoms with Gasteiger partial charge in [0.15, 0.2) is 0 Å². The number of nitrogens with two attached hydrogens (primary N) is 1. The molecule has 0 aromatic heterocycles. The molecule has 0 radical (unpaired) electrons. The van der Waals surface area contributed by atoms with Gasteiger partial charge in [-0.15, -0.1) is 0 Å². The predicted octanol–water partition coefficient (Wildman–Crippen LogP) is 0.0541. The first-order valence-corrected chi connectivity index (χ1v) is 3.24. The van der Waals surface area contributed by atoms with Gasteiger partial charge in [0.05, 0.1) is 6.61 Å². The molecule has 0 saturated heterocycles. The van der Waals surface area contributed by atoms with Crippen molar-refractivity contribution in [2.24, 2.45) is 11.7 Å². The Bertz CT molecular complexity index is 93.1. The minimum Gasteiger partial charge on any atom is -0.393 e. The molecule has 3 heteroatoms. The molecule has 0 heterocycles. The van der Waals surface area contributed by atoms with Crippen molar-refractivity contribution in [3.05, 3.63) is 0 Å². The maximum absolute atomic E-state index is 12.4. The molecule has 3 N–H and O–H groups in total. The van der Waals surface area contributed by atoms with Crippen molar-refractivity contribution in [3.63, 3.8) is 0 Å². The number of hydrogen-bond donors (Lipinski definition) is 2. The highest BCUT2D eigenvalue weighted by molar-refractivity contribution is 4.86. The van der Waals surface area contributed by atoms with Crippen molar-refractivity contribution in [1.29, 1.82) is 0 Å². The zero-order valence-electron chi connectivity index (χ0n) is 5.26. The van der Waals surface area contributed by atoms with Gasteiger partial charge in [-0.05, 0) is 18.8 Å². The summed E-state index contributed by atoms with van der Waals surface area (Å²) in [4.78, 5) is 0. The number of hydrogen-bond acceptors (Lipinski definition) is 2. The molecule has 9 heavy (non-hydrogen) atoms. The number of alkyl halides is 1. The van der Waals surface area contributed by atoms with Gasteiger partial charge in [-0.3, -0.25) is 0 Å². The van der Waals surface area contributed by atoms with E-state index in [9.17, 15) is 4.39 Å². The Kier molecular flexibility index (Phi) is 2.03. The van der Waals surface area contributed by atoms with E-state index in [1.54, 1.807) is 0 Å². The molecule has 1 aliphatic rings. The van der Waals surface area contributed by atoms with Crippen LogP contribution < -0.4 is 5.73 Å². The van der Waals surface area contributed by atoms with Crippen LogP contribution in [0.3, 0.4) is 0 Å². The number of aliphatic hydroxyl groups is 1. The van der Waals surface area contributed by atoms with Crippen molar-refractivity contribution in [1.82, 2.24) is 0 Å². The van der Waals surface area contributed by atoms with Gasteiger partial charge in [-0.25, -0.2) is 4.39 Å². The van der Waals surface area contributed by atoms with Gasteiger partial charge in [0.25, 0.3) is 0 Å². The zero-order valence-corrected chi connectivity index (χ0v) is 5.26. The summed E-state index contributed by atoms with van der Waals surface area (Å²) >= 11 is 0. The molecule has 0 spiro atoms. The van der Waals surface area contributed by atoms with E-state index in [-0.39, 0.29) is 18.6 Å². The Morgan fingerprint density at radius 3 is 2.56 bits per heavy atom. The first-order valence-electron chi connectivity index (χ1n) is 3.24. The highest BCUT2D eigenvalue weighted by Gasteiger charge is 2.32. The molecule has 0 bridgehead atoms. The average molecular weight is 133 g/mol. The summed E-state index contributed by atoms with van der Waals surface area (Å²) in [6.07, 6.45) is 0.438. The van der Waals surface area contributed by atoms with E-state index < -0.39 is 6.17 Å². The van der Waals surface area contributed by atoms with Crippen LogP contribution in [0.25, 0.3) is 0 Å². The Morgan fingerprint density at radius 1 is 1.67 bits per heavy atom. The molecule has 54 valence electrons. The fourth-order valence-electron chi connectivity index (χ4n) is 1.15. The Balaban J connectivity index is 2.15. The summed E-state index contributed by atoms with van der Waals surface area (Å²) in [6, 6.07) is 0.180. The Morgan fingerprint density at radius 2 is 2.22 bits per heavy atom. The minimum atomic E-state index is -1.04. The Labute approximate surface area is 53.9 Å². The highest BCUT2D eigenvalue weighted by atomic mass is 19.1. The van der Waals surface area contributed by atoms with Gasteiger partial charge >= 0.3 is 0 Å². The number of rotatable bonds is 2. The molecule has 0 aromatic rings. The van der Waals surface area contributed by atoms with E-state index in [0.29, 0.717) is 0 Å². The monoisotopic (exact) mass is 133 g/mol. The summed E-state index contributed by atoms with van der Waals surface area (Å²) < 4.78 is 12.4. The average Bonchev–Trinajstić information content (AvgIpc) is 1.79. The van der Waals surface area contributed by atoms with Crippen molar-refractivity contribution in [2.75, 3.05) is 6.61 Å². The van der Waals surface area contributed by atoms with Gasteiger partial charge < -0.3 is 10.8 Å². The summed E-state index contributed by atoms with van der Waals surface area (Å²) in [5, 5.41) is 8.34. The third kappa shape index (κ3) is 1.40. The second-order valence-electron chi connectivity index (χ2n) is 2.69. The van der Waals surface area contributed by atoms with Crippen LogP contribution in [0.5, 0.6) is 0 Å². The quantitative estimate of drug-likeness (QED) is 0.559. The maximum Gasteiger partial charge on any atom is 0.126 e. The van der Waals surface area contributed by atoms with Gasteiger partial charge in [0, 0.05) is 6.04 Å². The molecule has 1 unspecified atom stereocenters. The van der Waals surface area contributed by atoms with E-state index in [4.69, 9.17) is 10.8 Å². The first kappa shape index (κ1) is 6.96. The van der Waals surface area contributed by atoms with Crippen LogP contribution >= 0.6 is 0 Å². The van der Waals surface area contributed by atoms with Crippen LogP contribution in [0.4, 0.5) is 4.39 Å². The van der Waals surface area contributed by atoms with Crippen molar-refractivity contribution < 1.29 is 9.50 Å². The lowest BCUT2D eigenvalue weighted by atomic mass is 9.78. The van der Waals surface area contributed by atoms with Gasteiger partial charge in [0.1, 0.15) is 6.17 Å². The van der Waals surface area contributed by atoms with Gasteiger partial charge in [-0.1, -0.05) is 0 Å². The molecule has 0 amide bonds. The fraction of sp³-hybridized carbons (Fsp3) is 1.00. The third-order valence-corrected chi connectivity index (χ3v) is 1.90. The molecule has 1 atom stereocenters. The molecule has 2 nitrogen and oxygen atoms in total. The molecule has 0 aromatic carbocycles. The third-order valence-electron chi connectivity index (χ3n) is 1.90. The lowest BCUT2D eigenvalue weighted by Crippen LogP contribution is -2.41. The van der Waals surface area contributed by atoms with Crippen LogP contribution in [-0.4, -0.2) is 23.9 Å². The molecule has 1 saturated carbocycles. The van der Waals surface area contributed by atoms with Crippen LogP contribution in [0.15, 0.2) is 0 Å². The molecule has 0 aliphatic heterocycles. The smallest absolute Gasteiger partial charge is 0.126 e. The van der Waals surface area contributed by atoms with Gasteiger partial charge in [0.2, 0.25) is 0 Å². The molecule has 1 rings (SSSR count). The summed E-state index contributed by atoms with van der Waals surface area (Å²) in [6.45, 7) is -0.350. The molecule has 1 fully saturated rings.